The lowest BCUT2D eigenvalue weighted by Gasteiger charge is -2.12. The van der Waals surface area contributed by atoms with Crippen molar-refractivity contribution < 1.29 is 19.4 Å². The average molecular weight is 464 g/mol. The van der Waals surface area contributed by atoms with Gasteiger partial charge in [0.2, 0.25) is 0 Å². The summed E-state index contributed by atoms with van der Waals surface area (Å²) in [6.45, 7) is 0.203. The third-order valence-electron chi connectivity index (χ3n) is 4.32. The van der Waals surface area contributed by atoms with Crippen molar-refractivity contribution in [1.82, 2.24) is 0 Å². The van der Waals surface area contributed by atoms with Gasteiger partial charge < -0.3 is 14.6 Å². The predicted molar refractivity (Wildman–Crippen MR) is 118 cm³/mol. The summed E-state index contributed by atoms with van der Waals surface area (Å²) >= 11 is 3.42. The van der Waals surface area contributed by atoms with Crippen LogP contribution in [0.3, 0.4) is 0 Å². The Labute approximate surface area is 182 Å². The number of carbonyl (C=O) groups is 1. The molecule has 0 heterocycles. The summed E-state index contributed by atoms with van der Waals surface area (Å²) in [5.74, 6) is 0.0605. The molecule has 0 fully saturated rings. The van der Waals surface area contributed by atoms with Gasteiger partial charge in [-0.1, -0.05) is 46.3 Å². The normalized spacial score (nSPS) is 10.9. The lowest BCUT2D eigenvalue weighted by Crippen LogP contribution is -2.01. The molecule has 1 N–H and O–H groups in total. The second kappa shape index (κ2) is 9.77. The van der Waals surface area contributed by atoms with Gasteiger partial charge in [-0.05, 0) is 59.2 Å². The molecule has 0 aliphatic carbocycles. The zero-order chi connectivity index (χ0) is 21.5. The first kappa shape index (κ1) is 21.2. The molecule has 0 amide bonds. The average Bonchev–Trinajstić information content (AvgIpc) is 2.76. The maximum atomic E-state index is 11.1. The minimum atomic E-state index is -0.982. The largest absolute Gasteiger partial charge is 0.493 e. The third kappa shape index (κ3) is 5.28. The minimum Gasteiger partial charge on any atom is -0.493 e. The molecule has 150 valence electrons. The van der Waals surface area contributed by atoms with Crippen molar-refractivity contribution in [2.24, 2.45) is 0 Å². The zero-order valence-electron chi connectivity index (χ0n) is 16.1. The number of nitrogens with zero attached hydrogens (tertiary/aromatic N) is 1. The Bertz CT molecular complexity index is 1150. The molecule has 0 aromatic heterocycles. The van der Waals surface area contributed by atoms with Crippen LogP contribution >= 0.6 is 15.9 Å². The van der Waals surface area contributed by atoms with Gasteiger partial charge in [0.15, 0.2) is 11.5 Å². The van der Waals surface area contributed by atoms with E-state index in [2.05, 4.69) is 22.0 Å². The van der Waals surface area contributed by atoms with Crippen molar-refractivity contribution >= 4 is 33.5 Å². The van der Waals surface area contributed by atoms with Crippen LogP contribution in [0.25, 0.3) is 11.6 Å². The smallest absolute Gasteiger partial charge is 0.335 e. The van der Waals surface area contributed by atoms with Crippen LogP contribution in [0.1, 0.15) is 27.0 Å². The van der Waals surface area contributed by atoms with E-state index >= 15 is 0 Å². The first-order valence-corrected chi connectivity index (χ1v) is 9.80. The summed E-state index contributed by atoms with van der Waals surface area (Å²) in [5, 5.41) is 18.7. The number of carboxylic acid groups (broad SMARTS) is 1. The molecule has 0 aliphatic heterocycles. The maximum Gasteiger partial charge on any atom is 0.335 e. The van der Waals surface area contributed by atoms with Crippen LogP contribution in [0.15, 0.2) is 71.2 Å². The van der Waals surface area contributed by atoms with Crippen LogP contribution in [-0.4, -0.2) is 18.2 Å². The Kier molecular flexibility index (Phi) is 6.89. The fourth-order valence-electron chi connectivity index (χ4n) is 2.85. The van der Waals surface area contributed by atoms with Crippen molar-refractivity contribution in [3.05, 3.63) is 93.5 Å². The molecular formula is C24H18BrNO4. The monoisotopic (exact) mass is 463 g/mol. The second-order valence-electron chi connectivity index (χ2n) is 6.38. The molecule has 0 spiro atoms. The fraction of sp³-hybridized carbons (Fsp3) is 0.0833. The van der Waals surface area contributed by atoms with E-state index in [0.29, 0.717) is 17.1 Å². The minimum absolute atomic E-state index is 0.203. The summed E-state index contributed by atoms with van der Waals surface area (Å²) in [6.07, 6.45) is 1.78. The first-order valence-electron chi connectivity index (χ1n) is 9.01. The van der Waals surface area contributed by atoms with Crippen molar-refractivity contribution in [2.75, 3.05) is 7.11 Å². The molecule has 3 aromatic rings. The van der Waals surface area contributed by atoms with Crippen molar-refractivity contribution in [3.63, 3.8) is 0 Å². The number of hydrogen-bond donors (Lipinski definition) is 1. The van der Waals surface area contributed by atoms with Crippen LogP contribution in [0.2, 0.25) is 0 Å². The van der Waals surface area contributed by atoms with E-state index in [9.17, 15) is 10.1 Å². The molecule has 0 saturated carbocycles. The molecular weight excluding hydrogens is 446 g/mol. The number of methoxy groups -OCH3 is 1. The molecule has 0 saturated heterocycles. The molecule has 5 nitrogen and oxygen atoms in total. The first-order chi connectivity index (χ1) is 14.5. The van der Waals surface area contributed by atoms with Gasteiger partial charge in [-0.3, -0.25) is 0 Å². The lowest BCUT2D eigenvalue weighted by molar-refractivity contribution is 0.0696. The summed E-state index contributed by atoms with van der Waals surface area (Å²) < 4.78 is 12.2. The van der Waals surface area contributed by atoms with Gasteiger partial charge in [-0.25, -0.2) is 4.79 Å². The van der Waals surface area contributed by atoms with Crippen molar-refractivity contribution in [1.29, 1.82) is 5.26 Å². The van der Waals surface area contributed by atoms with Gasteiger partial charge in [0.05, 0.1) is 24.3 Å². The molecule has 0 unspecified atom stereocenters. The highest BCUT2D eigenvalue weighted by Crippen LogP contribution is 2.31. The highest BCUT2D eigenvalue weighted by atomic mass is 79.9. The van der Waals surface area contributed by atoms with Gasteiger partial charge in [-0.2, -0.15) is 5.26 Å². The topological polar surface area (TPSA) is 79.5 Å². The molecule has 0 atom stereocenters. The maximum absolute atomic E-state index is 11.1. The number of halogens is 1. The Morgan fingerprint density at radius 2 is 1.83 bits per heavy atom. The molecule has 30 heavy (non-hydrogen) atoms. The van der Waals surface area contributed by atoms with Crippen LogP contribution in [0.5, 0.6) is 11.5 Å². The highest BCUT2D eigenvalue weighted by molar-refractivity contribution is 9.10. The number of hydrogen-bond acceptors (Lipinski definition) is 4. The molecule has 6 heteroatoms. The van der Waals surface area contributed by atoms with Crippen LogP contribution < -0.4 is 9.47 Å². The lowest BCUT2D eigenvalue weighted by atomic mass is 10.0. The third-order valence-corrected chi connectivity index (χ3v) is 4.82. The van der Waals surface area contributed by atoms with E-state index in [0.717, 1.165) is 21.2 Å². The van der Waals surface area contributed by atoms with Crippen molar-refractivity contribution in [3.8, 4) is 17.6 Å². The standard InChI is InChI=1S/C24H18BrNO4/c1-29-23-12-16(10-20(14-26)18-5-3-7-21(25)13-18)8-9-22(23)30-15-17-4-2-6-19(11-17)24(27)28/h2-13H,15H2,1H3,(H,27,28)/b20-10-. The van der Waals surface area contributed by atoms with E-state index in [1.165, 1.54) is 6.07 Å². The molecule has 3 aromatic carbocycles. The van der Waals surface area contributed by atoms with Gasteiger partial charge >= 0.3 is 5.97 Å². The number of ether oxygens (including phenoxy) is 2. The van der Waals surface area contributed by atoms with Gasteiger partial charge in [0.25, 0.3) is 0 Å². The molecule has 0 radical (unpaired) electrons. The van der Waals surface area contributed by atoms with Gasteiger partial charge in [-0.15, -0.1) is 0 Å². The Morgan fingerprint density at radius 1 is 1.07 bits per heavy atom. The number of rotatable bonds is 7. The number of carboxylic acids is 1. The summed E-state index contributed by atoms with van der Waals surface area (Å²) in [5.41, 5.74) is 3.08. The zero-order valence-corrected chi connectivity index (χ0v) is 17.7. The number of nitriles is 1. The van der Waals surface area contributed by atoms with Gasteiger partial charge in [0, 0.05) is 4.47 Å². The van der Waals surface area contributed by atoms with Crippen LogP contribution in [0, 0.1) is 11.3 Å². The van der Waals surface area contributed by atoms with Crippen LogP contribution in [-0.2, 0) is 6.61 Å². The van der Waals surface area contributed by atoms with E-state index in [1.807, 2.05) is 30.3 Å². The Morgan fingerprint density at radius 3 is 2.53 bits per heavy atom. The van der Waals surface area contributed by atoms with Crippen molar-refractivity contribution in [2.45, 2.75) is 6.61 Å². The molecule has 0 bridgehead atoms. The molecule has 0 aliphatic rings. The summed E-state index contributed by atoms with van der Waals surface area (Å²) in [6, 6.07) is 21.7. The van der Waals surface area contributed by atoms with E-state index in [1.54, 1.807) is 43.5 Å². The predicted octanol–water partition coefficient (Wildman–Crippen LogP) is 5.80. The fourth-order valence-corrected chi connectivity index (χ4v) is 3.25. The van der Waals surface area contributed by atoms with E-state index in [-0.39, 0.29) is 12.2 Å². The number of aromatic carboxylic acids is 1. The highest BCUT2D eigenvalue weighted by Gasteiger charge is 2.09. The number of benzene rings is 3. The van der Waals surface area contributed by atoms with Gasteiger partial charge in [0.1, 0.15) is 6.61 Å². The van der Waals surface area contributed by atoms with E-state index < -0.39 is 5.97 Å². The Hall–Kier alpha value is -3.56. The summed E-state index contributed by atoms with van der Waals surface area (Å²) in [4.78, 5) is 11.1. The van der Waals surface area contributed by atoms with Crippen LogP contribution in [0.4, 0.5) is 0 Å². The summed E-state index contributed by atoms with van der Waals surface area (Å²) in [7, 11) is 1.54. The number of allylic oxidation sites excluding steroid dienone is 1. The second-order valence-corrected chi connectivity index (χ2v) is 7.30. The Balaban J connectivity index is 1.82. The molecule has 3 rings (SSSR count). The van der Waals surface area contributed by atoms with E-state index in [4.69, 9.17) is 14.6 Å². The quantitative estimate of drug-likeness (QED) is 0.353. The SMILES string of the molecule is COc1cc(/C=C(/C#N)c2cccc(Br)c2)ccc1OCc1cccc(C(=O)O)c1.